The van der Waals surface area contributed by atoms with Crippen molar-refractivity contribution in [2.75, 3.05) is 39.4 Å². The number of rotatable bonds is 7. The van der Waals surface area contributed by atoms with Crippen LogP contribution in [0.5, 0.6) is 0 Å². The molecule has 0 aromatic carbocycles. The number of thiophene rings is 1. The molecule has 1 fully saturated rings. The Morgan fingerprint density at radius 1 is 1.40 bits per heavy atom. The number of ether oxygens (including phenoxy) is 1. The molecule has 1 aliphatic heterocycles. The number of nitrogens with one attached hydrogen (secondary N) is 1. The zero-order valence-electron chi connectivity index (χ0n) is 11.4. The summed E-state index contributed by atoms with van der Waals surface area (Å²) in [6.07, 6.45) is 0.800. The summed E-state index contributed by atoms with van der Waals surface area (Å²) in [5.74, 6) is 0. The van der Waals surface area contributed by atoms with Crippen LogP contribution >= 0.6 is 11.3 Å². The minimum absolute atomic E-state index is 0.337. The van der Waals surface area contributed by atoms with Gasteiger partial charge in [0, 0.05) is 26.2 Å². The van der Waals surface area contributed by atoms with Gasteiger partial charge in [-0.15, -0.1) is 11.3 Å². The van der Waals surface area contributed by atoms with Crippen LogP contribution in [-0.4, -0.2) is 52.7 Å². The van der Waals surface area contributed by atoms with Gasteiger partial charge >= 0.3 is 0 Å². The van der Waals surface area contributed by atoms with Crippen molar-refractivity contribution in [3.63, 3.8) is 0 Å². The van der Waals surface area contributed by atoms with E-state index in [4.69, 9.17) is 10.5 Å². The lowest BCUT2D eigenvalue weighted by Crippen LogP contribution is -2.38. The summed E-state index contributed by atoms with van der Waals surface area (Å²) in [6, 6.07) is 1.63. The summed E-state index contributed by atoms with van der Waals surface area (Å²) < 4.78 is 32.3. The Balaban J connectivity index is 1.74. The van der Waals surface area contributed by atoms with Gasteiger partial charge in [-0.1, -0.05) is 0 Å². The average Bonchev–Trinajstić information content (AvgIpc) is 2.95. The van der Waals surface area contributed by atoms with Crippen molar-refractivity contribution in [2.45, 2.75) is 17.2 Å². The highest BCUT2D eigenvalue weighted by molar-refractivity contribution is 7.91. The molecule has 0 spiro atoms. The van der Waals surface area contributed by atoms with E-state index in [1.54, 1.807) is 11.4 Å². The van der Waals surface area contributed by atoms with Gasteiger partial charge in [0.25, 0.3) is 0 Å². The zero-order chi connectivity index (χ0) is 14.4. The molecule has 0 bridgehead atoms. The van der Waals surface area contributed by atoms with Crippen LogP contribution in [0.2, 0.25) is 0 Å². The molecule has 1 aliphatic rings. The highest BCUT2D eigenvalue weighted by Crippen LogP contribution is 2.19. The van der Waals surface area contributed by atoms with Crippen LogP contribution in [-0.2, 0) is 21.3 Å². The van der Waals surface area contributed by atoms with E-state index in [0.717, 1.165) is 44.8 Å². The molecule has 0 radical (unpaired) electrons. The number of nitrogens with two attached hydrogens (primary N) is 1. The Bertz CT molecular complexity index is 510. The monoisotopic (exact) mass is 319 g/mol. The van der Waals surface area contributed by atoms with Gasteiger partial charge in [0.1, 0.15) is 4.21 Å². The van der Waals surface area contributed by atoms with E-state index in [2.05, 4.69) is 9.62 Å². The maximum Gasteiger partial charge on any atom is 0.250 e. The zero-order valence-corrected chi connectivity index (χ0v) is 13.0. The molecule has 1 aromatic rings. The van der Waals surface area contributed by atoms with Crippen molar-refractivity contribution in [1.82, 2.24) is 9.62 Å². The summed E-state index contributed by atoms with van der Waals surface area (Å²) >= 11 is 1.21. The average molecular weight is 319 g/mol. The van der Waals surface area contributed by atoms with E-state index in [9.17, 15) is 8.42 Å². The third kappa shape index (κ3) is 4.51. The van der Waals surface area contributed by atoms with Crippen molar-refractivity contribution in [3.05, 3.63) is 17.0 Å². The molecule has 1 aromatic heterocycles. The van der Waals surface area contributed by atoms with Crippen LogP contribution in [0.25, 0.3) is 0 Å². The molecule has 0 unspecified atom stereocenters. The molecule has 8 heteroatoms. The summed E-state index contributed by atoms with van der Waals surface area (Å²) in [5.41, 5.74) is 6.34. The Kier molecular flexibility index (Phi) is 5.94. The first-order valence-electron chi connectivity index (χ1n) is 6.69. The molecule has 0 aliphatic carbocycles. The first-order valence-corrected chi connectivity index (χ1v) is 9.05. The smallest absolute Gasteiger partial charge is 0.250 e. The van der Waals surface area contributed by atoms with Gasteiger partial charge in [-0.3, -0.25) is 4.90 Å². The van der Waals surface area contributed by atoms with E-state index < -0.39 is 10.0 Å². The molecule has 0 atom stereocenters. The molecule has 0 saturated carbocycles. The summed E-state index contributed by atoms with van der Waals surface area (Å²) in [4.78, 5) is 2.29. The van der Waals surface area contributed by atoms with Crippen LogP contribution in [0.15, 0.2) is 15.7 Å². The summed E-state index contributed by atoms with van der Waals surface area (Å²) in [6.45, 7) is 5.10. The van der Waals surface area contributed by atoms with Crippen molar-refractivity contribution in [1.29, 1.82) is 0 Å². The van der Waals surface area contributed by atoms with Gasteiger partial charge < -0.3 is 10.5 Å². The third-order valence-electron chi connectivity index (χ3n) is 3.18. The molecule has 1 saturated heterocycles. The molecule has 2 rings (SSSR count). The van der Waals surface area contributed by atoms with Crippen LogP contribution in [0.1, 0.15) is 12.0 Å². The van der Waals surface area contributed by atoms with Crippen molar-refractivity contribution in [2.24, 2.45) is 5.73 Å². The van der Waals surface area contributed by atoms with Gasteiger partial charge in [0.2, 0.25) is 10.0 Å². The fourth-order valence-corrected chi connectivity index (χ4v) is 4.35. The van der Waals surface area contributed by atoms with E-state index in [1.165, 1.54) is 11.3 Å². The standard InChI is InChI=1S/C12H21N3O3S2/c13-9-11-8-12(19-10-11)20(16,17)14-2-1-3-15-4-6-18-7-5-15/h8,10,14H,1-7,9,13H2. The highest BCUT2D eigenvalue weighted by Gasteiger charge is 2.16. The molecule has 2 heterocycles. The van der Waals surface area contributed by atoms with Gasteiger partial charge in [0.05, 0.1) is 13.2 Å². The second-order valence-electron chi connectivity index (χ2n) is 4.68. The highest BCUT2D eigenvalue weighted by atomic mass is 32.2. The van der Waals surface area contributed by atoms with E-state index >= 15 is 0 Å². The number of nitrogens with zero attached hydrogens (tertiary/aromatic N) is 1. The summed E-state index contributed by atoms with van der Waals surface area (Å²) in [7, 11) is -3.38. The van der Waals surface area contributed by atoms with E-state index in [1.807, 2.05) is 0 Å². The number of hydrogen-bond acceptors (Lipinski definition) is 6. The molecular formula is C12H21N3O3S2. The van der Waals surface area contributed by atoms with E-state index in [-0.39, 0.29) is 0 Å². The maximum atomic E-state index is 12.0. The van der Waals surface area contributed by atoms with Gasteiger partial charge in [-0.2, -0.15) is 0 Å². The fraction of sp³-hybridized carbons (Fsp3) is 0.667. The molecular weight excluding hydrogens is 298 g/mol. The number of morpholine rings is 1. The van der Waals surface area contributed by atoms with E-state index in [0.29, 0.717) is 17.3 Å². The van der Waals surface area contributed by atoms with Crippen LogP contribution in [0, 0.1) is 0 Å². The molecule has 20 heavy (non-hydrogen) atoms. The minimum Gasteiger partial charge on any atom is -0.379 e. The lowest BCUT2D eigenvalue weighted by atomic mass is 10.3. The van der Waals surface area contributed by atoms with Crippen LogP contribution in [0.4, 0.5) is 0 Å². The lowest BCUT2D eigenvalue weighted by Gasteiger charge is -2.26. The second-order valence-corrected chi connectivity index (χ2v) is 7.59. The number of hydrogen-bond donors (Lipinski definition) is 2. The quantitative estimate of drug-likeness (QED) is 0.702. The Morgan fingerprint density at radius 3 is 2.80 bits per heavy atom. The SMILES string of the molecule is NCc1csc(S(=O)(=O)NCCCN2CCOCC2)c1. The normalized spacial score (nSPS) is 17.4. The van der Waals surface area contributed by atoms with Crippen molar-refractivity contribution < 1.29 is 13.2 Å². The third-order valence-corrected chi connectivity index (χ3v) is 6.13. The first kappa shape index (κ1) is 15.9. The molecule has 3 N–H and O–H groups in total. The minimum atomic E-state index is -3.38. The topological polar surface area (TPSA) is 84.7 Å². The van der Waals surface area contributed by atoms with Crippen LogP contribution in [0.3, 0.4) is 0 Å². The second kappa shape index (κ2) is 7.48. The summed E-state index contributed by atoms with van der Waals surface area (Å²) in [5, 5.41) is 1.78. The van der Waals surface area contributed by atoms with Gasteiger partial charge in [-0.05, 0) is 30.0 Å². The predicted octanol–water partition coefficient (Wildman–Crippen LogP) is 0.207. The largest absolute Gasteiger partial charge is 0.379 e. The first-order chi connectivity index (χ1) is 9.62. The van der Waals surface area contributed by atoms with Gasteiger partial charge in [0.15, 0.2) is 0 Å². The fourth-order valence-electron chi connectivity index (χ4n) is 2.01. The van der Waals surface area contributed by atoms with Crippen molar-refractivity contribution in [3.8, 4) is 0 Å². The Morgan fingerprint density at radius 2 is 2.15 bits per heavy atom. The van der Waals surface area contributed by atoms with Gasteiger partial charge in [-0.25, -0.2) is 13.1 Å². The van der Waals surface area contributed by atoms with Crippen molar-refractivity contribution >= 4 is 21.4 Å². The maximum absolute atomic E-state index is 12.0. The number of sulfonamides is 1. The molecule has 6 nitrogen and oxygen atoms in total. The molecule has 114 valence electrons. The lowest BCUT2D eigenvalue weighted by molar-refractivity contribution is 0.0376. The van der Waals surface area contributed by atoms with Crippen LogP contribution < -0.4 is 10.5 Å². The Hall–Kier alpha value is -0.510. The Labute approximate surface area is 124 Å². The molecule has 0 amide bonds. The predicted molar refractivity (Wildman–Crippen MR) is 79.3 cm³/mol.